The van der Waals surface area contributed by atoms with E-state index in [1.807, 2.05) is 0 Å². The van der Waals surface area contributed by atoms with Crippen LogP contribution in [0.1, 0.15) is 11.1 Å². The van der Waals surface area contributed by atoms with E-state index in [1.54, 1.807) is 0 Å². The van der Waals surface area contributed by atoms with E-state index in [4.69, 9.17) is 22.1 Å². The van der Waals surface area contributed by atoms with Gasteiger partial charge < -0.3 is 10.5 Å². The molecule has 2 aromatic rings. The van der Waals surface area contributed by atoms with Gasteiger partial charge in [-0.3, -0.25) is 0 Å². The molecule has 0 radical (unpaired) electrons. The van der Waals surface area contributed by atoms with Gasteiger partial charge in [-0.2, -0.15) is 31.3 Å². The number of nitrogen functional groups attached to an aromatic ring is 1. The van der Waals surface area contributed by atoms with Crippen LogP contribution in [0.5, 0.6) is 11.6 Å². The zero-order valence-electron chi connectivity index (χ0n) is 10.8. The highest BCUT2D eigenvalue weighted by Crippen LogP contribution is 2.39. The van der Waals surface area contributed by atoms with E-state index < -0.39 is 35.1 Å². The molecule has 0 atom stereocenters. The standard InChI is InChI=1S/C12H6ClF6N3O/c13-8-4-9(22-10(20)21-8)23-7-2-5(11(14,15)16)1-6(3-7)12(17,18)19/h1-4H,(H2,20,21,22). The van der Waals surface area contributed by atoms with Crippen LogP contribution in [0.2, 0.25) is 5.15 Å². The van der Waals surface area contributed by atoms with Crippen molar-refractivity contribution < 1.29 is 31.1 Å². The van der Waals surface area contributed by atoms with E-state index in [0.29, 0.717) is 12.1 Å². The Morgan fingerprint density at radius 2 is 1.39 bits per heavy atom. The van der Waals surface area contributed by atoms with E-state index in [1.165, 1.54) is 0 Å². The number of nitrogens with two attached hydrogens (primary N) is 1. The molecule has 4 nitrogen and oxygen atoms in total. The number of aromatic nitrogens is 2. The second-order valence-corrected chi connectivity index (χ2v) is 4.62. The van der Waals surface area contributed by atoms with Crippen LogP contribution in [0.4, 0.5) is 32.3 Å². The van der Waals surface area contributed by atoms with Crippen molar-refractivity contribution in [1.82, 2.24) is 9.97 Å². The van der Waals surface area contributed by atoms with Crippen LogP contribution in [0.25, 0.3) is 0 Å². The van der Waals surface area contributed by atoms with Crippen molar-refractivity contribution in [2.75, 3.05) is 5.73 Å². The molecule has 124 valence electrons. The fraction of sp³-hybridized carbons (Fsp3) is 0.167. The van der Waals surface area contributed by atoms with Crippen LogP contribution in [-0.4, -0.2) is 9.97 Å². The first kappa shape index (κ1) is 17.1. The number of anilines is 1. The van der Waals surface area contributed by atoms with Crippen molar-refractivity contribution in [1.29, 1.82) is 0 Å². The van der Waals surface area contributed by atoms with Gasteiger partial charge in [-0.25, -0.2) is 4.98 Å². The lowest BCUT2D eigenvalue weighted by atomic mass is 10.1. The number of hydrogen-bond acceptors (Lipinski definition) is 4. The fourth-order valence-corrected chi connectivity index (χ4v) is 1.75. The molecule has 1 aromatic carbocycles. The lowest BCUT2D eigenvalue weighted by Crippen LogP contribution is -2.11. The number of alkyl halides is 6. The van der Waals surface area contributed by atoms with Gasteiger partial charge in [0.2, 0.25) is 11.8 Å². The van der Waals surface area contributed by atoms with Gasteiger partial charge >= 0.3 is 12.4 Å². The van der Waals surface area contributed by atoms with Gasteiger partial charge in [-0.1, -0.05) is 11.6 Å². The van der Waals surface area contributed by atoms with Crippen molar-refractivity contribution in [3.8, 4) is 11.6 Å². The summed E-state index contributed by atoms with van der Waals surface area (Å²) >= 11 is 5.55. The lowest BCUT2D eigenvalue weighted by molar-refractivity contribution is -0.143. The first-order chi connectivity index (χ1) is 10.4. The van der Waals surface area contributed by atoms with Crippen LogP contribution in [-0.2, 0) is 12.4 Å². The number of halogens is 7. The Morgan fingerprint density at radius 1 is 0.870 bits per heavy atom. The highest BCUT2D eigenvalue weighted by atomic mass is 35.5. The van der Waals surface area contributed by atoms with E-state index in [0.717, 1.165) is 6.07 Å². The molecule has 0 saturated carbocycles. The summed E-state index contributed by atoms with van der Waals surface area (Å²) in [6, 6.07) is 1.78. The van der Waals surface area contributed by atoms with E-state index >= 15 is 0 Å². The number of hydrogen-bond donors (Lipinski definition) is 1. The molecule has 0 amide bonds. The SMILES string of the molecule is Nc1nc(Cl)cc(Oc2cc(C(F)(F)F)cc(C(F)(F)F)c2)n1. The highest BCUT2D eigenvalue weighted by molar-refractivity contribution is 6.29. The summed E-state index contributed by atoms with van der Waals surface area (Å²) in [5.74, 6) is -1.47. The quantitative estimate of drug-likeness (QED) is 0.633. The Bertz CT molecular complexity index is 679. The van der Waals surface area contributed by atoms with E-state index in [9.17, 15) is 26.3 Å². The van der Waals surface area contributed by atoms with Gasteiger partial charge in [-0.15, -0.1) is 0 Å². The normalized spacial score (nSPS) is 12.3. The molecule has 1 heterocycles. The number of benzene rings is 1. The molecule has 0 bridgehead atoms. The molecule has 11 heteroatoms. The van der Waals surface area contributed by atoms with Gasteiger partial charge in [-0.05, 0) is 18.2 Å². The average molecular weight is 358 g/mol. The van der Waals surface area contributed by atoms with Crippen molar-refractivity contribution in [2.45, 2.75) is 12.4 Å². The zero-order chi connectivity index (χ0) is 17.4. The predicted octanol–water partition coefficient (Wildman–Crippen LogP) is 4.54. The molecule has 0 unspecified atom stereocenters. The third kappa shape index (κ3) is 4.38. The van der Waals surface area contributed by atoms with Crippen molar-refractivity contribution >= 4 is 17.5 Å². The van der Waals surface area contributed by atoms with Crippen LogP contribution >= 0.6 is 11.6 Å². The summed E-state index contributed by atoms with van der Waals surface area (Å²) in [4.78, 5) is 6.99. The topological polar surface area (TPSA) is 61.0 Å². The third-order valence-electron chi connectivity index (χ3n) is 2.47. The van der Waals surface area contributed by atoms with Crippen LogP contribution in [0.15, 0.2) is 24.3 Å². The predicted molar refractivity (Wildman–Crippen MR) is 68.0 cm³/mol. The first-order valence-electron chi connectivity index (χ1n) is 5.72. The van der Waals surface area contributed by atoms with Crippen LogP contribution in [0, 0.1) is 0 Å². The summed E-state index contributed by atoms with van der Waals surface area (Å²) in [5.41, 5.74) is 2.23. The molecule has 2 rings (SSSR count). The molecule has 0 saturated heterocycles. The number of ether oxygens (including phenoxy) is 1. The molecule has 23 heavy (non-hydrogen) atoms. The molecule has 0 aliphatic rings. The smallest absolute Gasteiger partial charge is 0.416 e. The second-order valence-electron chi connectivity index (χ2n) is 4.23. The van der Waals surface area contributed by atoms with Crippen LogP contribution in [0.3, 0.4) is 0 Å². The Morgan fingerprint density at radius 3 is 1.83 bits per heavy atom. The lowest BCUT2D eigenvalue weighted by Gasteiger charge is -2.14. The number of nitrogens with zero attached hydrogens (tertiary/aromatic N) is 2. The van der Waals surface area contributed by atoms with Gasteiger partial charge in [0, 0.05) is 6.07 Å². The number of rotatable bonds is 2. The largest absolute Gasteiger partial charge is 0.439 e. The first-order valence-corrected chi connectivity index (χ1v) is 6.10. The maximum Gasteiger partial charge on any atom is 0.416 e. The van der Waals surface area contributed by atoms with Crippen molar-refractivity contribution in [3.05, 3.63) is 40.5 Å². The van der Waals surface area contributed by atoms with Gasteiger partial charge in [0.05, 0.1) is 11.1 Å². The average Bonchev–Trinajstić information content (AvgIpc) is 2.34. The molecule has 2 N–H and O–H groups in total. The maximum absolute atomic E-state index is 12.7. The van der Waals surface area contributed by atoms with Crippen LogP contribution < -0.4 is 10.5 Å². The second kappa shape index (κ2) is 5.76. The molecule has 0 fully saturated rings. The molecule has 0 aliphatic carbocycles. The summed E-state index contributed by atoms with van der Waals surface area (Å²) < 4.78 is 81.2. The summed E-state index contributed by atoms with van der Waals surface area (Å²) in [6.45, 7) is 0. The molecule has 1 aromatic heterocycles. The molecular weight excluding hydrogens is 352 g/mol. The van der Waals surface area contributed by atoms with Crippen molar-refractivity contribution in [2.24, 2.45) is 0 Å². The Balaban J connectivity index is 2.49. The Kier molecular flexibility index (Phi) is 4.29. The minimum Gasteiger partial charge on any atom is -0.439 e. The maximum atomic E-state index is 12.7. The van der Waals surface area contributed by atoms with Crippen molar-refractivity contribution in [3.63, 3.8) is 0 Å². The summed E-state index contributed by atoms with van der Waals surface area (Å²) in [6.07, 6.45) is -9.97. The minimum absolute atomic E-state index is 0.0197. The summed E-state index contributed by atoms with van der Waals surface area (Å²) in [7, 11) is 0. The minimum atomic E-state index is -4.98. The van der Waals surface area contributed by atoms with E-state index in [2.05, 4.69) is 9.97 Å². The molecule has 0 spiro atoms. The Hall–Kier alpha value is -2.23. The zero-order valence-corrected chi connectivity index (χ0v) is 11.6. The molecule has 0 aliphatic heterocycles. The monoisotopic (exact) mass is 357 g/mol. The summed E-state index contributed by atoms with van der Waals surface area (Å²) in [5, 5.41) is -0.185. The van der Waals surface area contributed by atoms with E-state index in [-0.39, 0.29) is 17.2 Å². The Labute approximate surface area is 129 Å². The molecular formula is C12H6ClF6N3O. The highest BCUT2D eigenvalue weighted by Gasteiger charge is 2.37. The van der Waals surface area contributed by atoms with Gasteiger partial charge in [0.1, 0.15) is 10.9 Å². The third-order valence-corrected chi connectivity index (χ3v) is 2.67. The van der Waals surface area contributed by atoms with Gasteiger partial charge in [0.15, 0.2) is 0 Å². The fourth-order valence-electron chi connectivity index (χ4n) is 1.57. The van der Waals surface area contributed by atoms with Gasteiger partial charge in [0.25, 0.3) is 0 Å².